The number of ether oxygens (including phenoxy) is 3. The van der Waals surface area contributed by atoms with E-state index < -0.39 is 0 Å². The first kappa shape index (κ1) is 16.0. The van der Waals surface area contributed by atoms with Crippen LogP contribution in [0.1, 0.15) is 5.56 Å². The molecule has 0 saturated carbocycles. The maximum absolute atomic E-state index is 8.65. The smallest absolute Gasteiger partial charge is 0.161 e. The first-order valence-corrected chi connectivity index (χ1v) is 6.98. The molecule has 0 spiro atoms. The predicted octanol–water partition coefficient (Wildman–Crippen LogP) is 3.61. The molecule has 0 fully saturated rings. The number of methoxy groups -OCH3 is 1. The van der Waals surface area contributed by atoms with E-state index in [1.807, 2.05) is 24.3 Å². The van der Waals surface area contributed by atoms with Gasteiger partial charge >= 0.3 is 0 Å². The van der Waals surface area contributed by atoms with Gasteiger partial charge in [0.1, 0.15) is 19.0 Å². The van der Waals surface area contributed by atoms with Gasteiger partial charge in [0, 0.05) is 10.6 Å². The van der Waals surface area contributed by atoms with Gasteiger partial charge in [0.15, 0.2) is 11.5 Å². The summed E-state index contributed by atoms with van der Waals surface area (Å²) in [5.74, 6) is 1.88. The summed E-state index contributed by atoms with van der Waals surface area (Å²) >= 11 is 5.89. The van der Waals surface area contributed by atoms with Gasteiger partial charge in [-0.1, -0.05) is 28.9 Å². The lowest BCUT2D eigenvalue weighted by Gasteiger charge is -2.12. The molecule has 6 heteroatoms. The van der Waals surface area contributed by atoms with Crippen LogP contribution in [0.5, 0.6) is 17.2 Å². The van der Waals surface area contributed by atoms with Crippen molar-refractivity contribution in [3.63, 3.8) is 0 Å². The Morgan fingerprint density at radius 3 is 2.41 bits per heavy atom. The van der Waals surface area contributed by atoms with Crippen molar-refractivity contribution in [3.8, 4) is 17.2 Å². The number of rotatable bonds is 7. The van der Waals surface area contributed by atoms with Crippen LogP contribution in [0.25, 0.3) is 0 Å². The predicted molar refractivity (Wildman–Crippen MR) is 84.8 cm³/mol. The molecular weight excluding hydrogens is 306 g/mol. The third-order valence-electron chi connectivity index (χ3n) is 2.84. The van der Waals surface area contributed by atoms with Gasteiger partial charge in [-0.25, -0.2) is 0 Å². The number of hydrogen-bond donors (Lipinski definition) is 1. The molecule has 22 heavy (non-hydrogen) atoms. The Morgan fingerprint density at radius 1 is 1.05 bits per heavy atom. The molecule has 0 heterocycles. The fourth-order valence-corrected chi connectivity index (χ4v) is 2.04. The summed E-state index contributed by atoms with van der Waals surface area (Å²) in [5, 5.41) is 12.2. The van der Waals surface area contributed by atoms with E-state index in [0.717, 1.165) is 0 Å². The minimum atomic E-state index is 0.325. The van der Waals surface area contributed by atoms with Crippen LogP contribution < -0.4 is 14.2 Å². The second-order valence-electron chi connectivity index (χ2n) is 4.27. The highest BCUT2D eigenvalue weighted by molar-refractivity contribution is 6.30. The molecule has 2 aromatic rings. The minimum Gasteiger partial charge on any atom is -0.493 e. The molecular formula is C16H16ClNO4. The fourth-order valence-electron chi connectivity index (χ4n) is 1.86. The number of hydrogen-bond acceptors (Lipinski definition) is 5. The van der Waals surface area contributed by atoms with Crippen molar-refractivity contribution >= 4 is 17.8 Å². The van der Waals surface area contributed by atoms with Crippen molar-refractivity contribution < 1.29 is 19.4 Å². The molecule has 116 valence electrons. The largest absolute Gasteiger partial charge is 0.493 e. The minimum absolute atomic E-state index is 0.325. The summed E-state index contributed by atoms with van der Waals surface area (Å²) in [7, 11) is 1.59. The summed E-state index contributed by atoms with van der Waals surface area (Å²) in [6.07, 6.45) is 1.27. The molecule has 0 aliphatic rings. The van der Waals surface area contributed by atoms with E-state index in [2.05, 4.69) is 5.16 Å². The monoisotopic (exact) mass is 321 g/mol. The summed E-state index contributed by atoms with van der Waals surface area (Å²) in [6.45, 7) is 0.671. The molecule has 0 unspecified atom stereocenters. The van der Waals surface area contributed by atoms with E-state index in [1.165, 1.54) is 6.21 Å². The number of oxime groups is 1. The van der Waals surface area contributed by atoms with Gasteiger partial charge < -0.3 is 19.4 Å². The zero-order chi connectivity index (χ0) is 15.8. The summed E-state index contributed by atoms with van der Waals surface area (Å²) < 4.78 is 16.4. The molecule has 5 nitrogen and oxygen atoms in total. The second-order valence-corrected chi connectivity index (χ2v) is 4.71. The van der Waals surface area contributed by atoms with Crippen LogP contribution in [0, 0.1) is 0 Å². The molecule has 2 rings (SSSR count). The number of benzene rings is 2. The molecule has 0 aliphatic heterocycles. The highest BCUT2D eigenvalue weighted by Crippen LogP contribution is 2.26. The second kappa shape index (κ2) is 8.14. The first-order valence-electron chi connectivity index (χ1n) is 6.60. The van der Waals surface area contributed by atoms with E-state index in [4.69, 9.17) is 31.0 Å². The molecule has 1 N–H and O–H groups in total. The Bertz CT molecular complexity index is 646. The molecule has 0 radical (unpaired) electrons. The molecule has 0 aromatic heterocycles. The van der Waals surface area contributed by atoms with E-state index in [1.54, 1.807) is 25.3 Å². The van der Waals surface area contributed by atoms with Gasteiger partial charge in [-0.05, 0) is 30.3 Å². The average Bonchev–Trinajstić information content (AvgIpc) is 2.54. The molecule has 0 amide bonds. The Labute approximate surface area is 133 Å². The van der Waals surface area contributed by atoms with Crippen molar-refractivity contribution in [2.24, 2.45) is 5.16 Å². The van der Waals surface area contributed by atoms with Crippen LogP contribution in [-0.4, -0.2) is 31.7 Å². The van der Waals surface area contributed by atoms with Gasteiger partial charge in [-0.3, -0.25) is 0 Å². The summed E-state index contributed by atoms with van der Waals surface area (Å²) in [5.41, 5.74) is 0.590. The highest BCUT2D eigenvalue weighted by Gasteiger charge is 2.05. The van der Waals surface area contributed by atoms with Gasteiger partial charge in [0.2, 0.25) is 0 Å². The Hall–Kier alpha value is -2.40. The lowest BCUT2D eigenvalue weighted by atomic mass is 10.2. The van der Waals surface area contributed by atoms with Crippen molar-refractivity contribution in [2.75, 3.05) is 20.3 Å². The van der Waals surface area contributed by atoms with Crippen LogP contribution in [0.15, 0.2) is 47.6 Å². The van der Waals surface area contributed by atoms with Crippen molar-refractivity contribution in [1.82, 2.24) is 0 Å². The highest BCUT2D eigenvalue weighted by atomic mass is 35.5. The molecule has 0 bridgehead atoms. The van der Waals surface area contributed by atoms with E-state index in [9.17, 15) is 0 Å². The number of nitrogens with zero attached hydrogens (tertiary/aromatic N) is 1. The maximum atomic E-state index is 8.65. The quantitative estimate of drug-likeness (QED) is 0.366. The van der Waals surface area contributed by atoms with E-state index in [-0.39, 0.29) is 0 Å². The van der Waals surface area contributed by atoms with E-state index in [0.29, 0.717) is 41.0 Å². The maximum Gasteiger partial charge on any atom is 0.161 e. The SMILES string of the molecule is COc1ccccc1OCCOc1ccc(Cl)cc1C=NO. The summed E-state index contributed by atoms with van der Waals surface area (Å²) in [4.78, 5) is 0. The third kappa shape index (κ3) is 4.30. The number of halogens is 1. The van der Waals surface area contributed by atoms with Crippen LogP contribution in [0.2, 0.25) is 5.02 Å². The van der Waals surface area contributed by atoms with Gasteiger partial charge in [0.05, 0.1) is 13.3 Å². The van der Waals surface area contributed by atoms with Crippen LogP contribution in [-0.2, 0) is 0 Å². The van der Waals surface area contributed by atoms with E-state index >= 15 is 0 Å². The number of para-hydroxylation sites is 2. The van der Waals surface area contributed by atoms with Crippen molar-refractivity contribution in [1.29, 1.82) is 0 Å². The van der Waals surface area contributed by atoms with Gasteiger partial charge in [-0.15, -0.1) is 0 Å². The van der Waals surface area contributed by atoms with Crippen LogP contribution in [0.3, 0.4) is 0 Å². The summed E-state index contributed by atoms with van der Waals surface area (Å²) in [6, 6.07) is 12.5. The lowest BCUT2D eigenvalue weighted by Crippen LogP contribution is -2.10. The average molecular weight is 322 g/mol. The molecule has 0 saturated heterocycles. The van der Waals surface area contributed by atoms with Crippen molar-refractivity contribution in [2.45, 2.75) is 0 Å². The zero-order valence-electron chi connectivity index (χ0n) is 12.0. The molecule has 0 aliphatic carbocycles. The van der Waals surface area contributed by atoms with Crippen LogP contribution >= 0.6 is 11.6 Å². The standard InChI is InChI=1S/C16H16ClNO4/c1-20-15-4-2-3-5-16(15)22-9-8-21-14-7-6-13(17)10-12(14)11-18-19/h2-7,10-11,19H,8-9H2,1H3. The fraction of sp³-hybridized carbons (Fsp3) is 0.188. The zero-order valence-corrected chi connectivity index (χ0v) is 12.8. The molecule has 0 atom stereocenters. The van der Waals surface area contributed by atoms with Gasteiger partial charge in [-0.2, -0.15) is 0 Å². The Morgan fingerprint density at radius 2 is 1.73 bits per heavy atom. The third-order valence-corrected chi connectivity index (χ3v) is 3.07. The lowest BCUT2D eigenvalue weighted by molar-refractivity contribution is 0.211. The molecule has 2 aromatic carbocycles. The first-order chi connectivity index (χ1) is 10.7. The normalized spacial score (nSPS) is 10.6. The van der Waals surface area contributed by atoms with Gasteiger partial charge in [0.25, 0.3) is 0 Å². The topological polar surface area (TPSA) is 60.3 Å². The van der Waals surface area contributed by atoms with Crippen LogP contribution in [0.4, 0.5) is 0 Å². The Balaban J connectivity index is 1.91. The van der Waals surface area contributed by atoms with Crippen molar-refractivity contribution in [3.05, 3.63) is 53.1 Å². The Kier molecular flexibility index (Phi) is 5.91.